The van der Waals surface area contributed by atoms with Crippen LogP contribution in [0.4, 0.5) is 8.78 Å². The molecule has 2 aromatic carbocycles. The number of nitrogens with two attached hydrogens (primary N) is 1. The number of ether oxygens (including phenoxy) is 2. The van der Waals surface area contributed by atoms with Gasteiger partial charge < -0.3 is 15.2 Å². The fourth-order valence-electron chi connectivity index (χ4n) is 3.22. The first-order valence-corrected chi connectivity index (χ1v) is 9.30. The summed E-state index contributed by atoms with van der Waals surface area (Å²) in [7, 11) is 1.53. The van der Waals surface area contributed by atoms with Crippen LogP contribution in [0.3, 0.4) is 0 Å². The molecule has 0 bridgehead atoms. The Labute approximate surface area is 173 Å². The summed E-state index contributed by atoms with van der Waals surface area (Å²) in [6, 6.07) is 12.8. The van der Waals surface area contributed by atoms with Gasteiger partial charge in [0.1, 0.15) is 11.5 Å². The lowest BCUT2D eigenvalue weighted by molar-refractivity contribution is -0.129. The number of halogens is 2. The average molecular weight is 415 g/mol. The molecule has 2 N–H and O–H groups in total. The maximum absolute atomic E-state index is 13.2. The van der Waals surface area contributed by atoms with Crippen LogP contribution in [0.25, 0.3) is 0 Å². The molecule has 0 saturated heterocycles. The summed E-state index contributed by atoms with van der Waals surface area (Å²) in [5, 5.41) is 0. The van der Waals surface area contributed by atoms with E-state index in [4.69, 9.17) is 10.5 Å². The molecule has 1 atom stereocenters. The molecular formula is C22H23F2N3O3. The van der Waals surface area contributed by atoms with E-state index in [1.807, 2.05) is 6.92 Å². The first-order valence-electron chi connectivity index (χ1n) is 9.30. The van der Waals surface area contributed by atoms with Crippen LogP contribution in [-0.2, 0) is 10.3 Å². The molecule has 1 aliphatic heterocycles. The summed E-state index contributed by atoms with van der Waals surface area (Å²) in [6.45, 7) is 3.28. The number of amides is 1. The van der Waals surface area contributed by atoms with Gasteiger partial charge in [-0.05, 0) is 42.3 Å². The number of nitrogens with zero attached hydrogens (tertiary/aromatic N) is 2. The second-order valence-electron chi connectivity index (χ2n) is 7.03. The third kappa shape index (κ3) is 4.12. The highest BCUT2D eigenvalue weighted by atomic mass is 19.3. The molecule has 1 unspecified atom stereocenters. The van der Waals surface area contributed by atoms with E-state index in [0.29, 0.717) is 29.9 Å². The Balaban J connectivity index is 2.03. The Morgan fingerprint density at radius 2 is 1.90 bits per heavy atom. The van der Waals surface area contributed by atoms with Crippen LogP contribution >= 0.6 is 0 Å². The smallest absolute Gasteiger partial charge is 0.387 e. The Morgan fingerprint density at radius 3 is 2.47 bits per heavy atom. The Kier molecular flexibility index (Phi) is 6.05. The van der Waals surface area contributed by atoms with Crippen molar-refractivity contribution in [3.05, 3.63) is 71.8 Å². The zero-order chi connectivity index (χ0) is 21.9. The van der Waals surface area contributed by atoms with E-state index in [1.54, 1.807) is 24.3 Å². The predicted octanol–water partition coefficient (Wildman–Crippen LogP) is 3.66. The number of carbonyl (C=O) groups is 1. The zero-order valence-electron chi connectivity index (χ0n) is 16.8. The van der Waals surface area contributed by atoms with Gasteiger partial charge in [0.25, 0.3) is 5.91 Å². The van der Waals surface area contributed by atoms with Crippen LogP contribution < -0.4 is 15.2 Å². The standard InChI is InChI=1S/C22H23F2N3O3/c1-14(2)11-12-29-18-6-4-5-16(13-18)22(19(28)27(3)21(25)26-22)15-7-9-17(10-8-15)30-20(23)24/h4-10,13,20H,1,11-12H2,2-3H3,(H2,25,26). The van der Waals surface area contributed by atoms with Gasteiger partial charge in [0.15, 0.2) is 11.5 Å². The Bertz CT molecular complexity index is 976. The summed E-state index contributed by atoms with van der Waals surface area (Å²) in [5.74, 6) is 0.251. The quantitative estimate of drug-likeness (QED) is 0.668. The number of benzene rings is 2. The minimum Gasteiger partial charge on any atom is -0.493 e. The summed E-state index contributed by atoms with van der Waals surface area (Å²) in [6.07, 6.45) is 0.702. The van der Waals surface area contributed by atoms with Crippen molar-refractivity contribution in [3.63, 3.8) is 0 Å². The Morgan fingerprint density at radius 1 is 1.20 bits per heavy atom. The molecule has 1 heterocycles. The number of carbonyl (C=O) groups excluding carboxylic acids is 1. The minimum absolute atomic E-state index is 0.0171. The summed E-state index contributed by atoms with van der Waals surface area (Å²) in [4.78, 5) is 19.0. The largest absolute Gasteiger partial charge is 0.493 e. The van der Waals surface area contributed by atoms with Gasteiger partial charge >= 0.3 is 6.61 Å². The molecule has 158 valence electrons. The van der Waals surface area contributed by atoms with Gasteiger partial charge in [-0.3, -0.25) is 9.69 Å². The highest BCUT2D eigenvalue weighted by Crippen LogP contribution is 2.40. The highest BCUT2D eigenvalue weighted by Gasteiger charge is 2.49. The monoisotopic (exact) mass is 415 g/mol. The van der Waals surface area contributed by atoms with E-state index in [-0.39, 0.29) is 17.6 Å². The van der Waals surface area contributed by atoms with Gasteiger partial charge in [0, 0.05) is 13.5 Å². The number of aliphatic imine (C=N–C) groups is 1. The first kappa shape index (κ1) is 21.3. The molecule has 0 radical (unpaired) electrons. The number of guanidine groups is 1. The first-order chi connectivity index (χ1) is 14.2. The average Bonchev–Trinajstić information content (AvgIpc) is 2.93. The topological polar surface area (TPSA) is 77.2 Å². The van der Waals surface area contributed by atoms with Crippen LogP contribution in [0, 0.1) is 0 Å². The molecule has 0 aromatic heterocycles. The molecule has 3 rings (SSSR count). The fourth-order valence-corrected chi connectivity index (χ4v) is 3.22. The van der Waals surface area contributed by atoms with E-state index in [9.17, 15) is 13.6 Å². The number of hydrogen-bond acceptors (Lipinski definition) is 5. The van der Waals surface area contributed by atoms with E-state index in [1.165, 1.54) is 36.2 Å². The molecule has 0 fully saturated rings. The lowest BCUT2D eigenvalue weighted by Crippen LogP contribution is -2.41. The number of hydrogen-bond donors (Lipinski definition) is 1. The normalized spacial score (nSPS) is 18.5. The van der Waals surface area contributed by atoms with Crippen LogP contribution in [0.15, 0.2) is 65.7 Å². The molecule has 6 nitrogen and oxygen atoms in total. The minimum atomic E-state index is -2.94. The molecule has 30 heavy (non-hydrogen) atoms. The molecule has 0 saturated carbocycles. The molecule has 0 spiro atoms. The van der Waals surface area contributed by atoms with Crippen LogP contribution in [0.2, 0.25) is 0 Å². The third-order valence-corrected chi connectivity index (χ3v) is 4.79. The number of alkyl halides is 2. The van der Waals surface area contributed by atoms with Gasteiger partial charge in [-0.25, -0.2) is 4.99 Å². The second-order valence-corrected chi connectivity index (χ2v) is 7.03. The van der Waals surface area contributed by atoms with Crippen molar-refractivity contribution in [1.29, 1.82) is 0 Å². The maximum atomic E-state index is 13.2. The lowest BCUT2D eigenvalue weighted by atomic mass is 9.82. The predicted molar refractivity (Wildman–Crippen MR) is 110 cm³/mol. The van der Waals surface area contributed by atoms with Crippen molar-refractivity contribution in [2.24, 2.45) is 10.7 Å². The van der Waals surface area contributed by atoms with Crippen molar-refractivity contribution < 1.29 is 23.0 Å². The second kappa shape index (κ2) is 8.52. The summed E-state index contributed by atoms with van der Waals surface area (Å²) >= 11 is 0. The fraction of sp³-hybridized carbons (Fsp3) is 0.273. The van der Waals surface area contributed by atoms with E-state index >= 15 is 0 Å². The van der Waals surface area contributed by atoms with Crippen molar-refractivity contribution in [1.82, 2.24) is 4.90 Å². The van der Waals surface area contributed by atoms with Crippen molar-refractivity contribution in [2.45, 2.75) is 25.5 Å². The summed E-state index contributed by atoms with van der Waals surface area (Å²) < 4.78 is 35.2. The number of rotatable bonds is 8. The molecule has 1 aliphatic rings. The van der Waals surface area contributed by atoms with E-state index in [2.05, 4.69) is 16.3 Å². The lowest BCUT2D eigenvalue weighted by Gasteiger charge is -2.26. The highest BCUT2D eigenvalue weighted by molar-refractivity contribution is 6.08. The Hall–Kier alpha value is -3.42. The van der Waals surface area contributed by atoms with Crippen LogP contribution in [-0.4, -0.2) is 37.0 Å². The van der Waals surface area contributed by atoms with E-state index < -0.39 is 12.2 Å². The van der Waals surface area contributed by atoms with Gasteiger partial charge in [0.05, 0.1) is 6.61 Å². The van der Waals surface area contributed by atoms with Crippen molar-refractivity contribution in [2.75, 3.05) is 13.7 Å². The number of likely N-dealkylation sites (N-methyl/N-ethyl adjacent to an activating group) is 1. The van der Waals surface area contributed by atoms with Gasteiger partial charge in [0.2, 0.25) is 0 Å². The third-order valence-electron chi connectivity index (χ3n) is 4.79. The van der Waals surface area contributed by atoms with Gasteiger partial charge in [-0.15, -0.1) is 6.58 Å². The summed E-state index contributed by atoms with van der Waals surface area (Å²) in [5.41, 5.74) is 6.53. The van der Waals surface area contributed by atoms with Crippen LogP contribution in [0.1, 0.15) is 24.5 Å². The van der Waals surface area contributed by atoms with Crippen LogP contribution in [0.5, 0.6) is 11.5 Å². The zero-order valence-corrected chi connectivity index (χ0v) is 16.8. The molecule has 8 heteroatoms. The molecule has 0 aliphatic carbocycles. The van der Waals surface area contributed by atoms with E-state index in [0.717, 1.165) is 5.57 Å². The van der Waals surface area contributed by atoms with Crippen molar-refractivity contribution in [3.8, 4) is 11.5 Å². The van der Waals surface area contributed by atoms with Crippen molar-refractivity contribution >= 4 is 11.9 Å². The molecule has 2 aromatic rings. The SMILES string of the molecule is C=C(C)CCOc1cccc(C2(c3ccc(OC(F)F)cc3)N=C(N)N(C)C2=O)c1. The van der Waals surface area contributed by atoms with Gasteiger partial charge in [-0.2, -0.15) is 8.78 Å². The van der Waals surface area contributed by atoms with Gasteiger partial charge in [-0.1, -0.05) is 29.8 Å². The molecular weight excluding hydrogens is 392 g/mol. The molecule has 1 amide bonds. The maximum Gasteiger partial charge on any atom is 0.387 e.